The van der Waals surface area contributed by atoms with E-state index >= 15 is 0 Å². The minimum Gasteiger partial charge on any atom is -0.480 e. The standard InChI is InChI=1S/C33H29Cl2F3N8O6/c34-20-5-3-19(4-6-20)32(14-15-32)46-30-43-29(44-31(45-30)52-17-33(36,37)38)41-23-9-1-18(2-10-23)25(47)42-24(28(50)51)13-16-39-26(48)27(49)40-22-11-7-21(35)8-12-22/h1-12,24H,13-17H2,(H,39,48)(H,40,49)(H,42,47)(H,50,51)(H2,41,43,44,45,46)/t24-/m1/s1. The second-order valence-electron chi connectivity index (χ2n) is 11.5. The summed E-state index contributed by atoms with van der Waals surface area (Å²) in [6.07, 6.45) is -3.49. The van der Waals surface area contributed by atoms with Crippen molar-refractivity contribution in [2.75, 3.05) is 29.1 Å². The monoisotopic (exact) mass is 760 g/mol. The third-order valence-corrected chi connectivity index (χ3v) is 8.02. The Morgan fingerprint density at radius 3 is 2.02 bits per heavy atom. The van der Waals surface area contributed by atoms with E-state index in [1.165, 1.54) is 48.5 Å². The first kappa shape index (κ1) is 37.6. The summed E-state index contributed by atoms with van der Waals surface area (Å²) in [5, 5.41) is 23.6. The van der Waals surface area contributed by atoms with Crippen LogP contribution in [0.15, 0.2) is 72.8 Å². The fourth-order valence-corrected chi connectivity index (χ4v) is 4.99. The van der Waals surface area contributed by atoms with Crippen molar-refractivity contribution in [2.45, 2.75) is 37.0 Å². The van der Waals surface area contributed by atoms with Gasteiger partial charge in [-0.1, -0.05) is 35.3 Å². The minimum absolute atomic E-state index is 0.0452. The number of amides is 3. The number of carbonyl (C=O) groups excluding carboxylic acids is 3. The van der Waals surface area contributed by atoms with Crippen molar-refractivity contribution < 1.29 is 42.2 Å². The Kier molecular flexibility index (Phi) is 11.6. The second kappa shape index (κ2) is 16.1. The Labute approximate surface area is 303 Å². The third kappa shape index (κ3) is 10.7. The molecule has 1 aliphatic carbocycles. The summed E-state index contributed by atoms with van der Waals surface area (Å²) >= 11 is 11.8. The normalized spacial score (nSPS) is 13.6. The number of nitrogens with zero attached hydrogens (tertiary/aromatic N) is 3. The SMILES string of the molecule is O=C(NCC[C@@H](NC(=O)c1ccc(Nc2nc(NC3(c4ccc(Cl)cc4)CC3)nc(OCC(F)(F)F)n2)cc1)C(=O)O)C(=O)Nc1ccc(Cl)cc1. The zero-order valence-corrected chi connectivity index (χ0v) is 28.3. The van der Waals surface area contributed by atoms with Gasteiger partial charge in [0.2, 0.25) is 11.9 Å². The molecule has 1 atom stereocenters. The molecule has 3 amide bonds. The number of alkyl halides is 3. The van der Waals surface area contributed by atoms with Crippen LogP contribution in [0.3, 0.4) is 0 Å². The first-order valence-electron chi connectivity index (χ1n) is 15.4. The number of rotatable bonds is 14. The summed E-state index contributed by atoms with van der Waals surface area (Å²) in [4.78, 5) is 61.2. The molecule has 0 bridgehead atoms. The van der Waals surface area contributed by atoms with Crippen LogP contribution in [0, 0.1) is 0 Å². The van der Waals surface area contributed by atoms with E-state index in [1.807, 2.05) is 12.1 Å². The number of nitrogens with one attached hydrogen (secondary N) is 5. The first-order valence-corrected chi connectivity index (χ1v) is 16.2. The van der Waals surface area contributed by atoms with E-state index in [0.29, 0.717) is 34.3 Å². The van der Waals surface area contributed by atoms with Gasteiger partial charge in [-0.15, -0.1) is 0 Å². The van der Waals surface area contributed by atoms with E-state index in [9.17, 15) is 37.5 Å². The average Bonchev–Trinajstić information content (AvgIpc) is 3.88. The lowest BCUT2D eigenvalue weighted by Crippen LogP contribution is -2.44. The maximum Gasteiger partial charge on any atom is 0.422 e. The van der Waals surface area contributed by atoms with Crippen molar-refractivity contribution in [1.29, 1.82) is 0 Å². The smallest absolute Gasteiger partial charge is 0.422 e. The van der Waals surface area contributed by atoms with Crippen LogP contribution in [0.5, 0.6) is 6.01 Å². The molecule has 6 N–H and O–H groups in total. The van der Waals surface area contributed by atoms with Crippen LogP contribution >= 0.6 is 23.2 Å². The van der Waals surface area contributed by atoms with Crippen LogP contribution < -0.4 is 31.3 Å². The van der Waals surface area contributed by atoms with E-state index in [4.69, 9.17) is 27.9 Å². The molecule has 5 rings (SSSR count). The lowest BCUT2D eigenvalue weighted by Gasteiger charge is -2.19. The summed E-state index contributed by atoms with van der Waals surface area (Å²) in [5.41, 5.74) is 1.03. The zero-order valence-electron chi connectivity index (χ0n) is 26.8. The third-order valence-electron chi connectivity index (χ3n) is 7.51. The van der Waals surface area contributed by atoms with E-state index in [1.54, 1.807) is 12.1 Å². The lowest BCUT2D eigenvalue weighted by molar-refractivity contribution is -0.154. The molecule has 4 aromatic rings. The fourth-order valence-electron chi connectivity index (χ4n) is 4.74. The molecule has 0 spiro atoms. The number of benzene rings is 3. The topological polar surface area (TPSA) is 197 Å². The number of carboxylic acids is 1. The Hall–Kier alpha value is -5.68. The zero-order chi connectivity index (χ0) is 37.5. The molecular weight excluding hydrogens is 732 g/mol. The molecule has 1 saturated carbocycles. The van der Waals surface area contributed by atoms with E-state index in [2.05, 4.69) is 41.5 Å². The van der Waals surface area contributed by atoms with Gasteiger partial charge in [-0.2, -0.15) is 28.1 Å². The number of halogens is 5. The maximum atomic E-state index is 12.9. The van der Waals surface area contributed by atoms with Gasteiger partial charge in [0, 0.05) is 33.5 Å². The molecule has 3 aromatic carbocycles. The van der Waals surface area contributed by atoms with Crippen LogP contribution in [0.4, 0.5) is 36.4 Å². The van der Waals surface area contributed by atoms with Gasteiger partial charge in [0.15, 0.2) is 6.61 Å². The largest absolute Gasteiger partial charge is 0.480 e. The predicted octanol–water partition coefficient (Wildman–Crippen LogP) is 5.29. The van der Waals surface area contributed by atoms with Gasteiger partial charge in [-0.05, 0) is 85.5 Å². The van der Waals surface area contributed by atoms with Gasteiger partial charge >= 0.3 is 30.0 Å². The first-order chi connectivity index (χ1) is 24.7. The van der Waals surface area contributed by atoms with Crippen molar-refractivity contribution in [3.05, 3.63) is 94.0 Å². The second-order valence-corrected chi connectivity index (χ2v) is 12.3. The molecule has 1 aromatic heterocycles. The van der Waals surface area contributed by atoms with Gasteiger partial charge in [0.25, 0.3) is 5.91 Å². The molecule has 0 saturated heterocycles. The van der Waals surface area contributed by atoms with Gasteiger partial charge in [0.05, 0.1) is 5.54 Å². The van der Waals surface area contributed by atoms with Crippen molar-refractivity contribution >= 4 is 70.2 Å². The highest BCUT2D eigenvalue weighted by molar-refractivity contribution is 6.39. The highest BCUT2D eigenvalue weighted by atomic mass is 35.5. The summed E-state index contributed by atoms with van der Waals surface area (Å²) in [6, 6.07) is 16.7. The summed E-state index contributed by atoms with van der Waals surface area (Å²) in [7, 11) is 0. The number of hydrogen-bond acceptors (Lipinski definition) is 10. The fraction of sp³-hybridized carbons (Fsp3) is 0.242. The summed E-state index contributed by atoms with van der Waals surface area (Å²) < 4.78 is 43.5. The minimum atomic E-state index is -4.65. The Morgan fingerprint density at radius 1 is 0.827 bits per heavy atom. The molecule has 0 aliphatic heterocycles. The average molecular weight is 762 g/mol. The van der Waals surface area contributed by atoms with Crippen LogP contribution in [-0.4, -0.2) is 69.1 Å². The van der Waals surface area contributed by atoms with Crippen LogP contribution in [0.25, 0.3) is 0 Å². The predicted molar refractivity (Wildman–Crippen MR) is 184 cm³/mol. The number of anilines is 4. The molecule has 14 nitrogen and oxygen atoms in total. The number of carboxylic acid groups (broad SMARTS) is 1. The molecule has 272 valence electrons. The molecule has 0 unspecified atom stereocenters. The van der Waals surface area contributed by atoms with Gasteiger partial charge in [-0.25, -0.2) is 4.79 Å². The maximum absolute atomic E-state index is 12.9. The Bertz CT molecular complexity index is 1930. The van der Waals surface area contributed by atoms with Gasteiger partial charge in [0.1, 0.15) is 6.04 Å². The molecule has 1 fully saturated rings. The number of hydrogen-bond donors (Lipinski definition) is 6. The molecule has 1 aliphatic rings. The number of aliphatic carboxylic acids is 1. The van der Waals surface area contributed by atoms with Crippen molar-refractivity contribution in [3.8, 4) is 6.01 Å². The molecule has 52 heavy (non-hydrogen) atoms. The molecular formula is C33H29Cl2F3N8O6. The van der Waals surface area contributed by atoms with E-state index in [0.717, 1.165) is 5.56 Å². The van der Waals surface area contributed by atoms with Crippen LogP contribution in [-0.2, 0) is 19.9 Å². The number of aromatic nitrogens is 3. The Morgan fingerprint density at radius 2 is 1.42 bits per heavy atom. The van der Waals surface area contributed by atoms with Crippen LogP contribution in [0.1, 0.15) is 35.2 Å². The molecule has 19 heteroatoms. The van der Waals surface area contributed by atoms with Crippen LogP contribution in [0.2, 0.25) is 10.0 Å². The van der Waals surface area contributed by atoms with Crippen molar-refractivity contribution in [2.24, 2.45) is 0 Å². The van der Waals surface area contributed by atoms with Gasteiger partial charge < -0.3 is 36.4 Å². The number of ether oxygens (including phenoxy) is 1. The van der Waals surface area contributed by atoms with E-state index < -0.39 is 54.1 Å². The molecule has 0 radical (unpaired) electrons. The molecule has 1 heterocycles. The van der Waals surface area contributed by atoms with Crippen molar-refractivity contribution in [3.63, 3.8) is 0 Å². The number of carbonyl (C=O) groups is 4. The van der Waals surface area contributed by atoms with E-state index in [-0.39, 0.29) is 30.4 Å². The quantitative estimate of drug-likeness (QED) is 0.0914. The van der Waals surface area contributed by atoms with Gasteiger partial charge in [-0.3, -0.25) is 14.4 Å². The van der Waals surface area contributed by atoms with Crippen molar-refractivity contribution in [1.82, 2.24) is 25.6 Å². The Balaban J connectivity index is 1.19. The lowest BCUT2D eigenvalue weighted by atomic mass is 10.1. The highest BCUT2D eigenvalue weighted by Crippen LogP contribution is 2.48. The highest BCUT2D eigenvalue weighted by Gasteiger charge is 2.45. The summed E-state index contributed by atoms with van der Waals surface area (Å²) in [5.74, 6) is -4.33. The summed E-state index contributed by atoms with van der Waals surface area (Å²) in [6.45, 7) is -1.88.